The highest BCUT2D eigenvalue weighted by molar-refractivity contribution is 8.01. The monoisotopic (exact) mass is 287 g/mol. The van der Waals surface area contributed by atoms with E-state index in [1.807, 2.05) is 19.0 Å². The molecule has 1 aromatic rings. The molecule has 6 nitrogen and oxygen atoms in total. The van der Waals surface area contributed by atoms with Crippen LogP contribution in [-0.4, -0.2) is 41.0 Å². The van der Waals surface area contributed by atoms with E-state index in [-0.39, 0.29) is 0 Å². The van der Waals surface area contributed by atoms with Crippen LogP contribution in [0.5, 0.6) is 0 Å². The largest absolute Gasteiger partial charge is 0.368 e. The highest BCUT2D eigenvalue weighted by Gasteiger charge is 2.41. The van der Waals surface area contributed by atoms with E-state index in [4.69, 9.17) is 11.5 Å². The second kappa shape index (κ2) is 5.02. The summed E-state index contributed by atoms with van der Waals surface area (Å²) in [5.41, 5.74) is 10.5. The Morgan fingerprint density at radius 3 is 2.78 bits per heavy atom. The first-order valence-corrected chi connectivity index (χ1v) is 7.36. The van der Waals surface area contributed by atoms with Crippen LogP contribution in [0.3, 0.4) is 0 Å². The first-order chi connectivity index (χ1) is 8.40. The Balaban J connectivity index is 1.97. The van der Waals surface area contributed by atoms with Crippen molar-refractivity contribution in [1.29, 1.82) is 0 Å². The normalized spacial score (nSPS) is 27.4. The quantitative estimate of drug-likeness (QED) is 0.833. The lowest BCUT2D eigenvalue weighted by Gasteiger charge is -2.18. The molecule has 1 aliphatic carbocycles. The Kier molecular flexibility index (Phi) is 3.79. The number of carbonyl (C=O) groups excluding carboxylic acids is 1. The highest BCUT2D eigenvalue weighted by Crippen LogP contribution is 2.40. The molecule has 100 valence electrons. The van der Waals surface area contributed by atoms with Crippen LogP contribution in [0, 0.1) is 0 Å². The zero-order chi connectivity index (χ0) is 13.3. The summed E-state index contributed by atoms with van der Waals surface area (Å²) in [6, 6.07) is 0. The third-order valence-corrected chi connectivity index (χ3v) is 5.48. The number of rotatable bonds is 4. The van der Waals surface area contributed by atoms with Crippen molar-refractivity contribution in [2.75, 3.05) is 19.0 Å². The predicted molar refractivity (Wildman–Crippen MR) is 73.8 cm³/mol. The summed E-state index contributed by atoms with van der Waals surface area (Å²) in [5.74, 6) is -0.406. The van der Waals surface area contributed by atoms with Crippen molar-refractivity contribution in [3.8, 4) is 0 Å². The molecule has 0 saturated heterocycles. The molecular weight excluding hydrogens is 270 g/mol. The number of nitrogens with zero attached hydrogens (tertiary/aromatic N) is 3. The topological polar surface area (TPSA) is 98.1 Å². The molecule has 0 spiro atoms. The van der Waals surface area contributed by atoms with Gasteiger partial charge in [-0.2, -0.15) is 0 Å². The van der Waals surface area contributed by atoms with Crippen LogP contribution in [0.15, 0.2) is 4.34 Å². The molecule has 1 aromatic heterocycles. The Hall–Kier alpha value is -0.860. The first kappa shape index (κ1) is 13.6. The number of hydrogen-bond donors (Lipinski definition) is 2. The average molecular weight is 287 g/mol. The van der Waals surface area contributed by atoms with Crippen LogP contribution < -0.4 is 16.4 Å². The van der Waals surface area contributed by atoms with Crippen molar-refractivity contribution < 1.29 is 4.79 Å². The predicted octanol–water partition coefficient (Wildman–Crippen LogP) is 0.431. The summed E-state index contributed by atoms with van der Waals surface area (Å²) >= 11 is 3.19. The van der Waals surface area contributed by atoms with Crippen molar-refractivity contribution in [2.24, 2.45) is 11.5 Å². The molecule has 18 heavy (non-hydrogen) atoms. The van der Waals surface area contributed by atoms with E-state index in [0.29, 0.717) is 18.1 Å². The van der Waals surface area contributed by atoms with Gasteiger partial charge in [0.05, 0.1) is 5.54 Å². The van der Waals surface area contributed by atoms with Crippen molar-refractivity contribution >= 4 is 34.1 Å². The van der Waals surface area contributed by atoms with E-state index < -0.39 is 11.4 Å². The van der Waals surface area contributed by atoms with Gasteiger partial charge in [-0.05, 0) is 19.3 Å². The summed E-state index contributed by atoms with van der Waals surface area (Å²) in [5, 5.41) is 9.38. The maximum absolute atomic E-state index is 11.3. The fourth-order valence-corrected chi connectivity index (χ4v) is 4.24. The van der Waals surface area contributed by atoms with Gasteiger partial charge in [0.15, 0.2) is 4.34 Å². The molecule has 0 aliphatic heterocycles. The van der Waals surface area contributed by atoms with Crippen molar-refractivity contribution in [1.82, 2.24) is 10.2 Å². The van der Waals surface area contributed by atoms with Gasteiger partial charge in [0.1, 0.15) is 0 Å². The van der Waals surface area contributed by atoms with Gasteiger partial charge in [0.25, 0.3) is 0 Å². The smallest absolute Gasteiger partial charge is 0.237 e. The van der Waals surface area contributed by atoms with Crippen LogP contribution in [0.1, 0.15) is 19.3 Å². The van der Waals surface area contributed by atoms with Crippen molar-refractivity contribution in [3.63, 3.8) is 0 Å². The van der Waals surface area contributed by atoms with Crippen molar-refractivity contribution in [3.05, 3.63) is 0 Å². The van der Waals surface area contributed by atoms with E-state index in [1.165, 1.54) is 0 Å². The van der Waals surface area contributed by atoms with Gasteiger partial charge in [0.2, 0.25) is 11.0 Å². The number of aromatic nitrogens is 2. The lowest BCUT2D eigenvalue weighted by Crippen LogP contribution is -2.50. The van der Waals surface area contributed by atoms with Crippen LogP contribution in [0.4, 0.5) is 5.13 Å². The standard InChI is InChI=1S/C10H17N5OS2/c1-15(2)8-13-14-9(18-8)17-6-3-4-10(12,5-6)7(11)16/h6H,3-5,12H2,1-2H3,(H2,11,16). The summed E-state index contributed by atoms with van der Waals surface area (Å²) in [7, 11) is 3.87. The number of nitrogens with two attached hydrogens (primary N) is 2. The van der Waals surface area contributed by atoms with E-state index in [0.717, 1.165) is 15.9 Å². The molecule has 1 amide bonds. The number of hydrogen-bond acceptors (Lipinski definition) is 7. The number of carbonyl (C=O) groups is 1. The minimum absolute atomic E-state index is 0.297. The molecule has 4 N–H and O–H groups in total. The zero-order valence-electron chi connectivity index (χ0n) is 10.4. The third-order valence-electron chi connectivity index (χ3n) is 3.04. The summed E-state index contributed by atoms with van der Waals surface area (Å²) < 4.78 is 0.914. The summed E-state index contributed by atoms with van der Waals surface area (Å²) in [6.07, 6.45) is 2.16. The maximum Gasteiger partial charge on any atom is 0.237 e. The molecule has 2 unspecified atom stereocenters. The van der Waals surface area contributed by atoms with Gasteiger partial charge in [-0.1, -0.05) is 23.1 Å². The van der Waals surface area contributed by atoms with Gasteiger partial charge in [0, 0.05) is 19.3 Å². The molecule has 0 radical (unpaired) electrons. The zero-order valence-corrected chi connectivity index (χ0v) is 12.1. The molecule has 2 rings (SSSR count). The fourth-order valence-electron chi connectivity index (χ4n) is 1.93. The molecule has 1 heterocycles. The first-order valence-electron chi connectivity index (χ1n) is 5.67. The maximum atomic E-state index is 11.3. The molecular formula is C10H17N5OS2. The number of primary amides is 1. The van der Waals surface area contributed by atoms with E-state index >= 15 is 0 Å². The summed E-state index contributed by atoms with van der Waals surface area (Å²) in [6.45, 7) is 0. The molecule has 0 bridgehead atoms. The highest BCUT2D eigenvalue weighted by atomic mass is 32.2. The van der Waals surface area contributed by atoms with Gasteiger partial charge in [-0.3, -0.25) is 4.79 Å². The van der Waals surface area contributed by atoms with Crippen LogP contribution in [0.25, 0.3) is 0 Å². The van der Waals surface area contributed by atoms with Gasteiger partial charge in [-0.15, -0.1) is 10.2 Å². The minimum Gasteiger partial charge on any atom is -0.368 e. The number of anilines is 1. The lowest BCUT2D eigenvalue weighted by atomic mass is 9.99. The van der Waals surface area contributed by atoms with E-state index in [9.17, 15) is 4.79 Å². The minimum atomic E-state index is -0.841. The molecule has 1 saturated carbocycles. The Morgan fingerprint density at radius 1 is 1.56 bits per heavy atom. The SMILES string of the molecule is CN(C)c1nnc(SC2CCC(N)(C(N)=O)C2)s1. The molecule has 2 atom stereocenters. The van der Waals surface area contributed by atoms with Gasteiger partial charge < -0.3 is 16.4 Å². The van der Waals surface area contributed by atoms with Gasteiger partial charge in [-0.25, -0.2) is 0 Å². The lowest BCUT2D eigenvalue weighted by molar-refractivity contribution is -0.122. The molecule has 8 heteroatoms. The number of amides is 1. The Labute approximate surface area is 114 Å². The van der Waals surface area contributed by atoms with Crippen LogP contribution in [-0.2, 0) is 4.79 Å². The number of thioether (sulfide) groups is 1. The van der Waals surface area contributed by atoms with Gasteiger partial charge >= 0.3 is 0 Å². The van der Waals surface area contributed by atoms with E-state index in [2.05, 4.69) is 10.2 Å². The average Bonchev–Trinajstić information content (AvgIpc) is 2.87. The molecule has 1 fully saturated rings. The second-order valence-electron chi connectivity index (χ2n) is 4.75. The molecule has 1 aliphatic rings. The Morgan fingerprint density at radius 2 is 2.28 bits per heavy atom. The van der Waals surface area contributed by atoms with Crippen LogP contribution in [0.2, 0.25) is 0 Å². The van der Waals surface area contributed by atoms with Crippen molar-refractivity contribution in [2.45, 2.75) is 34.4 Å². The summed E-state index contributed by atoms with van der Waals surface area (Å²) in [4.78, 5) is 13.2. The fraction of sp³-hybridized carbons (Fsp3) is 0.700. The van der Waals surface area contributed by atoms with Crippen LogP contribution >= 0.6 is 23.1 Å². The molecule has 0 aromatic carbocycles. The second-order valence-corrected chi connectivity index (χ2v) is 7.25. The third kappa shape index (κ3) is 2.76. The van der Waals surface area contributed by atoms with E-state index in [1.54, 1.807) is 23.1 Å². The Bertz CT molecular complexity index is 449.